The van der Waals surface area contributed by atoms with E-state index in [0.29, 0.717) is 0 Å². The van der Waals surface area contributed by atoms with Crippen molar-refractivity contribution in [1.82, 2.24) is 10.2 Å². The van der Waals surface area contributed by atoms with Crippen molar-refractivity contribution in [2.75, 3.05) is 5.75 Å². The van der Waals surface area contributed by atoms with Crippen LogP contribution in [-0.2, 0) is 0 Å². The second-order valence-electron chi connectivity index (χ2n) is 1.88. The minimum Gasteiger partial charge on any atom is -0.268 e. The zero-order valence-electron chi connectivity index (χ0n) is 5.91. The highest BCUT2D eigenvalue weighted by Crippen LogP contribution is 2.12. The summed E-state index contributed by atoms with van der Waals surface area (Å²) in [4.78, 5) is 11.6. The summed E-state index contributed by atoms with van der Waals surface area (Å²) in [5, 5.41) is 5.95. The smallest absolute Gasteiger partial charge is 0.265 e. The van der Waals surface area contributed by atoms with Gasteiger partial charge in [0, 0.05) is 16.7 Å². The maximum absolute atomic E-state index is 10.7. The number of aromatic nitrogens is 2. The molecule has 4 heteroatoms. The summed E-state index contributed by atoms with van der Waals surface area (Å²) in [6.07, 6.45) is 3.40. The molecule has 0 aliphatic carbocycles. The first-order valence-corrected chi connectivity index (χ1v) is 4.10. The molecule has 0 atom stereocenters. The molecule has 0 saturated heterocycles. The van der Waals surface area contributed by atoms with Gasteiger partial charge in [-0.05, 0) is 0 Å². The summed E-state index contributed by atoms with van der Waals surface area (Å²) in [6.45, 7) is 3.57. The number of hydrogen-bond acceptors (Lipinski definition) is 3. The molecule has 1 rings (SSSR count). The Kier molecular flexibility index (Phi) is 2.92. The highest BCUT2D eigenvalue weighted by Gasteiger charge is 1.91. The third-order valence-electron chi connectivity index (χ3n) is 1.01. The van der Waals surface area contributed by atoms with E-state index in [-0.39, 0.29) is 5.56 Å². The summed E-state index contributed by atoms with van der Waals surface area (Å²) in [5.74, 6) is 0.797. The van der Waals surface area contributed by atoms with Gasteiger partial charge in [0.2, 0.25) is 0 Å². The molecule has 1 aromatic heterocycles. The molecule has 0 aliphatic heterocycles. The van der Waals surface area contributed by atoms with Gasteiger partial charge < -0.3 is 0 Å². The molecule has 58 valence electrons. The highest BCUT2D eigenvalue weighted by atomic mass is 32.2. The molecule has 3 nitrogen and oxygen atoms in total. The zero-order valence-corrected chi connectivity index (χ0v) is 6.73. The molecular weight excluding hydrogens is 160 g/mol. The molecule has 1 heterocycles. The number of H-pyrrole nitrogens is 1. The number of aromatic amines is 1. The molecule has 0 aromatic carbocycles. The fourth-order valence-corrected chi connectivity index (χ4v) is 1.22. The quantitative estimate of drug-likeness (QED) is 0.542. The van der Waals surface area contributed by atoms with Gasteiger partial charge in [0.05, 0.1) is 6.20 Å². The fraction of sp³-hybridized carbons (Fsp3) is 0.143. The molecule has 0 fully saturated rings. The molecule has 0 saturated carbocycles. The van der Waals surface area contributed by atoms with Crippen molar-refractivity contribution >= 4 is 11.8 Å². The highest BCUT2D eigenvalue weighted by molar-refractivity contribution is 7.99. The Balaban J connectivity index is 2.71. The lowest BCUT2D eigenvalue weighted by atomic mass is 10.6. The summed E-state index contributed by atoms with van der Waals surface area (Å²) in [7, 11) is 0. The average Bonchev–Trinajstić information content (AvgIpc) is 2.01. The maximum Gasteiger partial charge on any atom is 0.265 e. The van der Waals surface area contributed by atoms with Gasteiger partial charge in [-0.1, -0.05) is 6.08 Å². The van der Waals surface area contributed by atoms with Gasteiger partial charge in [0.1, 0.15) is 0 Å². The van der Waals surface area contributed by atoms with Crippen LogP contribution in [0.1, 0.15) is 0 Å². The van der Waals surface area contributed by atoms with Gasteiger partial charge in [-0.25, -0.2) is 5.10 Å². The molecule has 1 N–H and O–H groups in total. The lowest BCUT2D eigenvalue weighted by Gasteiger charge is -1.93. The summed E-state index contributed by atoms with van der Waals surface area (Å²) >= 11 is 1.53. The molecule has 0 spiro atoms. The number of nitrogens with one attached hydrogen (secondary N) is 1. The zero-order chi connectivity index (χ0) is 8.10. The standard InChI is InChI=1S/C7H8N2OS/c1-2-3-11-6-4-7(10)9-8-5-6/h2,4-5H,1,3H2,(H,9,10). The minimum atomic E-state index is -0.168. The third kappa shape index (κ3) is 2.59. The fourth-order valence-electron chi connectivity index (χ4n) is 0.592. The Bertz CT molecular complexity index is 294. The Hall–Kier alpha value is -1.03. The predicted molar refractivity (Wildman–Crippen MR) is 45.8 cm³/mol. The van der Waals surface area contributed by atoms with Gasteiger partial charge in [0.25, 0.3) is 5.56 Å². The van der Waals surface area contributed by atoms with Gasteiger partial charge >= 0.3 is 0 Å². The Morgan fingerprint density at radius 2 is 2.64 bits per heavy atom. The predicted octanol–water partition coefficient (Wildman–Crippen LogP) is 1.05. The Labute approximate surface area is 68.5 Å². The molecule has 11 heavy (non-hydrogen) atoms. The van der Waals surface area contributed by atoms with Crippen LogP contribution < -0.4 is 5.56 Å². The van der Waals surface area contributed by atoms with Gasteiger partial charge in [0.15, 0.2) is 0 Å². The van der Waals surface area contributed by atoms with Crippen LogP contribution in [0.4, 0.5) is 0 Å². The Morgan fingerprint density at radius 1 is 1.82 bits per heavy atom. The van der Waals surface area contributed by atoms with Crippen molar-refractivity contribution in [3.63, 3.8) is 0 Å². The number of rotatable bonds is 3. The van der Waals surface area contributed by atoms with Gasteiger partial charge in [-0.15, -0.1) is 18.3 Å². The van der Waals surface area contributed by atoms with Crippen LogP contribution in [-0.4, -0.2) is 16.0 Å². The molecule has 0 radical (unpaired) electrons. The summed E-state index contributed by atoms with van der Waals surface area (Å²) in [5.41, 5.74) is -0.168. The van der Waals surface area contributed by atoms with Crippen molar-refractivity contribution < 1.29 is 0 Å². The van der Waals surface area contributed by atoms with E-state index in [4.69, 9.17) is 0 Å². The van der Waals surface area contributed by atoms with E-state index >= 15 is 0 Å². The summed E-state index contributed by atoms with van der Waals surface area (Å²) in [6, 6.07) is 1.52. The van der Waals surface area contributed by atoms with E-state index in [1.54, 1.807) is 12.3 Å². The van der Waals surface area contributed by atoms with Crippen LogP contribution >= 0.6 is 11.8 Å². The van der Waals surface area contributed by atoms with Crippen molar-refractivity contribution in [3.05, 3.63) is 35.3 Å². The molecule has 0 amide bonds. The van der Waals surface area contributed by atoms with Crippen molar-refractivity contribution in [2.45, 2.75) is 4.90 Å². The lowest BCUT2D eigenvalue weighted by molar-refractivity contribution is 0.956. The van der Waals surface area contributed by atoms with Crippen LogP contribution in [0.3, 0.4) is 0 Å². The van der Waals surface area contributed by atoms with E-state index in [2.05, 4.69) is 16.8 Å². The minimum absolute atomic E-state index is 0.168. The monoisotopic (exact) mass is 168 g/mol. The topological polar surface area (TPSA) is 45.8 Å². The van der Waals surface area contributed by atoms with E-state index in [9.17, 15) is 4.79 Å². The third-order valence-corrected chi connectivity index (χ3v) is 1.97. The molecule has 0 bridgehead atoms. The van der Waals surface area contributed by atoms with Gasteiger partial charge in [-0.3, -0.25) is 4.79 Å². The van der Waals surface area contributed by atoms with Gasteiger partial charge in [-0.2, -0.15) is 5.10 Å². The number of hydrogen-bond donors (Lipinski definition) is 1. The molecule has 0 unspecified atom stereocenters. The van der Waals surface area contributed by atoms with E-state index < -0.39 is 0 Å². The first-order chi connectivity index (χ1) is 5.33. The van der Waals surface area contributed by atoms with Crippen LogP contribution in [0.25, 0.3) is 0 Å². The second-order valence-corrected chi connectivity index (χ2v) is 2.97. The average molecular weight is 168 g/mol. The summed E-state index contributed by atoms with van der Waals surface area (Å²) < 4.78 is 0. The SMILES string of the molecule is C=CCSc1cn[nH]c(=O)c1. The molecule has 1 aromatic rings. The van der Waals surface area contributed by atoms with E-state index in [1.807, 2.05) is 0 Å². The first kappa shape index (κ1) is 8.07. The second kappa shape index (κ2) is 3.98. The van der Waals surface area contributed by atoms with Crippen molar-refractivity contribution in [3.8, 4) is 0 Å². The Morgan fingerprint density at radius 3 is 3.27 bits per heavy atom. The maximum atomic E-state index is 10.7. The molecular formula is C7H8N2OS. The first-order valence-electron chi connectivity index (χ1n) is 3.11. The lowest BCUT2D eigenvalue weighted by Crippen LogP contribution is -2.05. The largest absolute Gasteiger partial charge is 0.268 e. The van der Waals surface area contributed by atoms with Crippen LogP contribution in [0.5, 0.6) is 0 Å². The van der Waals surface area contributed by atoms with E-state index in [1.165, 1.54) is 17.8 Å². The van der Waals surface area contributed by atoms with Crippen LogP contribution in [0.2, 0.25) is 0 Å². The number of thioether (sulfide) groups is 1. The van der Waals surface area contributed by atoms with Crippen molar-refractivity contribution in [2.24, 2.45) is 0 Å². The van der Waals surface area contributed by atoms with Crippen molar-refractivity contribution in [1.29, 1.82) is 0 Å². The molecule has 0 aliphatic rings. The van der Waals surface area contributed by atoms with Crippen LogP contribution in [0.15, 0.2) is 34.6 Å². The normalized spacial score (nSPS) is 9.45. The van der Waals surface area contributed by atoms with Crippen LogP contribution in [0, 0.1) is 0 Å². The van der Waals surface area contributed by atoms with E-state index in [0.717, 1.165) is 10.6 Å². The number of nitrogens with zero attached hydrogens (tertiary/aromatic N) is 1.